The van der Waals surface area contributed by atoms with E-state index in [1.165, 1.54) is 6.07 Å². The van der Waals surface area contributed by atoms with Crippen LogP contribution in [0.1, 0.15) is 38.7 Å². The maximum absolute atomic E-state index is 13.9. The quantitative estimate of drug-likeness (QED) is 0.815. The molecule has 20 heavy (non-hydrogen) atoms. The summed E-state index contributed by atoms with van der Waals surface area (Å²) in [6.07, 6.45) is 2.20. The largest absolute Gasteiger partial charge is 0.297 e. The van der Waals surface area contributed by atoms with Crippen molar-refractivity contribution in [3.8, 4) is 6.07 Å². The van der Waals surface area contributed by atoms with E-state index in [2.05, 4.69) is 6.07 Å². The smallest absolute Gasteiger partial charge is 0.158 e. The van der Waals surface area contributed by atoms with Crippen molar-refractivity contribution in [3.63, 3.8) is 0 Å². The first-order chi connectivity index (χ1) is 9.31. The number of nitrogens with zero attached hydrogens (tertiary/aromatic N) is 1. The lowest BCUT2D eigenvalue weighted by atomic mass is 9.61. The molecule has 1 saturated carbocycles. The summed E-state index contributed by atoms with van der Waals surface area (Å²) in [5.41, 5.74) is -1.25. The zero-order valence-electron chi connectivity index (χ0n) is 11.7. The number of nitriles is 1. The van der Waals surface area contributed by atoms with E-state index in [4.69, 9.17) is 11.6 Å². The van der Waals surface area contributed by atoms with Crippen LogP contribution < -0.4 is 0 Å². The number of benzene rings is 1. The van der Waals surface area contributed by atoms with Gasteiger partial charge in [0, 0.05) is 16.9 Å². The summed E-state index contributed by atoms with van der Waals surface area (Å²) in [7, 11) is 0. The summed E-state index contributed by atoms with van der Waals surface area (Å²) in [6, 6.07) is 6.53. The monoisotopic (exact) mass is 293 g/mol. The fourth-order valence-corrected chi connectivity index (χ4v) is 3.17. The minimum Gasteiger partial charge on any atom is -0.297 e. The molecule has 0 amide bonds. The van der Waals surface area contributed by atoms with Crippen LogP contribution in [0.15, 0.2) is 18.2 Å². The molecular weight excluding hydrogens is 277 g/mol. The van der Waals surface area contributed by atoms with Crippen molar-refractivity contribution in [1.29, 1.82) is 5.26 Å². The van der Waals surface area contributed by atoms with Crippen LogP contribution in [0.2, 0.25) is 5.02 Å². The molecule has 2 rings (SSSR count). The first-order valence-electron chi connectivity index (χ1n) is 6.71. The lowest BCUT2D eigenvalue weighted by Crippen LogP contribution is -2.45. The van der Waals surface area contributed by atoms with Crippen molar-refractivity contribution in [3.05, 3.63) is 34.6 Å². The topological polar surface area (TPSA) is 40.9 Å². The normalized spacial score (nSPS) is 25.2. The third kappa shape index (κ3) is 2.58. The van der Waals surface area contributed by atoms with Gasteiger partial charge in [-0.25, -0.2) is 4.39 Å². The molecule has 1 aromatic carbocycles. The average Bonchev–Trinajstić information content (AvgIpc) is 2.38. The Hall–Kier alpha value is -1.40. The van der Waals surface area contributed by atoms with Gasteiger partial charge in [0.15, 0.2) is 5.78 Å². The molecule has 0 saturated heterocycles. The summed E-state index contributed by atoms with van der Waals surface area (Å²) >= 11 is 5.73. The van der Waals surface area contributed by atoms with E-state index in [1.807, 2.05) is 13.8 Å². The molecule has 1 fully saturated rings. The summed E-state index contributed by atoms with van der Waals surface area (Å²) in [6.45, 7) is 3.72. The summed E-state index contributed by atoms with van der Waals surface area (Å²) in [4.78, 5) is 12.6. The van der Waals surface area contributed by atoms with Gasteiger partial charge in [0.25, 0.3) is 0 Å². The number of ketones is 1. The molecule has 0 aromatic heterocycles. The number of carbonyl (C=O) groups excluding carboxylic acids is 1. The molecule has 0 radical (unpaired) electrons. The molecule has 1 unspecified atom stereocenters. The predicted octanol–water partition coefficient (Wildman–Crippen LogP) is 4.31. The van der Waals surface area contributed by atoms with Gasteiger partial charge in [0.1, 0.15) is 11.2 Å². The number of rotatable bonds is 2. The van der Waals surface area contributed by atoms with Gasteiger partial charge in [-0.3, -0.25) is 4.79 Å². The molecule has 1 aliphatic rings. The Balaban J connectivity index is 2.38. The van der Waals surface area contributed by atoms with E-state index < -0.39 is 16.6 Å². The zero-order valence-corrected chi connectivity index (χ0v) is 12.4. The molecule has 4 heteroatoms. The Bertz CT molecular complexity index is 591. The highest BCUT2D eigenvalue weighted by Crippen LogP contribution is 2.44. The van der Waals surface area contributed by atoms with Gasteiger partial charge in [-0.1, -0.05) is 37.9 Å². The van der Waals surface area contributed by atoms with Crippen molar-refractivity contribution >= 4 is 17.4 Å². The Labute approximate surface area is 123 Å². The number of hydrogen-bond donors (Lipinski definition) is 0. The van der Waals surface area contributed by atoms with Gasteiger partial charge in [-0.05, 0) is 30.5 Å². The van der Waals surface area contributed by atoms with Crippen molar-refractivity contribution in [2.24, 2.45) is 10.8 Å². The molecule has 0 N–H and O–H groups in total. The van der Waals surface area contributed by atoms with Gasteiger partial charge < -0.3 is 0 Å². The first-order valence-corrected chi connectivity index (χ1v) is 7.09. The second-order valence-electron chi connectivity index (χ2n) is 6.17. The fourth-order valence-electron chi connectivity index (χ4n) is 3.01. The van der Waals surface area contributed by atoms with Crippen LogP contribution in [0.5, 0.6) is 0 Å². The Kier molecular flexibility index (Phi) is 3.88. The highest BCUT2D eigenvalue weighted by atomic mass is 35.5. The molecule has 0 heterocycles. The van der Waals surface area contributed by atoms with E-state index in [1.54, 1.807) is 12.1 Å². The maximum atomic E-state index is 13.9. The van der Waals surface area contributed by atoms with Gasteiger partial charge in [0.2, 0.25) is 0 Å². The van der Waals surface area contributed by atoms with Crippen LogP contribution in [0.4, 0.5) is 4.39 Å². The molecule has 1 aliphatic carbocycles. The molecule has 0 bridgehead atoms. The van der Waals surface area contributed by atoms with E-state index in [0.717, 1.165) is 12.8 Å². The molecule has 2 nitrogen and oxygen atoms in total. The van der Waals surface area contributed by atoms with Gasteiger partial charge in [0.05, 0.1) is 6.07 Å². The van der Waals surface area contributed by atoms with Crippen LogP contribution in [-0.4, -0.2) is 5.78 Å². The molecule has 0 spiro atoms. The highest BCUT2D eigenvalue weighted by Gasteiger charge is 2.49. The van der Waals surface area contributed by atoms with E-state index in [9.17, 15) is 14.4 Å². The van der Waals surface area contributed by atoms with Crippen LogP contribution >= 0.6 is 11.6 Å². The lowest BCUT2D eigenvalue weighted by Gasteiger charge is -2.39. The van der Waals surface area contributed by atoms with Crippen molar-refractivity contribution in [2.45, 2.75) is 39.5 Å². The maximum Gasteiger partial charge on any atom is 0.158 e. The van der Waals surface area contributed by atoms with Crippen LogP contribution in [0, 0.1) is 28.0 Å². The first kappa shape index (κ1) is 15.0. The second-order valence-corrected chi connectivity index (χ2v) is 6.61. The van der Waals surface area contributed by atoms with Gasteiger partial charge >= 0.3 is 0 Å². The number of Topliss-reactive ketones (excluding diaryl/α,β-unsaturated/α-hetero) is 1. The minimum absolute atomic E-state index is 0.0758. The van der Waals surface area contributed by atoms with E-state index >= 15 is 0 Å². The van der Waals surface area contributed by atoms with Crippen LogP contribution in [0.3, 0.4) is 0 Å². The highest BCUT2D eigenvalue weighted by molar-refractivity contribution is 6.30. The summed E-state index contributed by atoms with van der Waals surface area (Å²) < 4.78 is 13.9. The molecule has 0 aliphatic heterocycles. The third-order valence-electron chi connectivity index (χ3n) is 4.18. The molecule has 1 atom stereocenters. The average molecular weight is 294 g/mol. The summed E-state index contributed by atoms with van der Waals surface area (Å²) in [5, 5.41) is 9.84. The van der Waals surface area contributed by atoms with Crippen LogP contribution in [0.25, 0.3) is 0 Å². The third-order valence-corrected chi connectivity index (χ3v) is 4.41. The van der Waals surface area contributed by atoms with Crippen molar-refractivity contribution in [2.75, 3.05) is 0 Å². The zero-order chi connectivity index (χ0) is 15.0. The van der Waals surface area contributed by atoms with Crippen molar-refractivity contribution in [1.82, 2.24) is 0 Å². The SMILES string of the molecule is CC1(C)CCCC(C#N)(Cc2ccc(Cl)cc2F)C1=O. The second kappa shape index (κ2) is 5.18. The fraction of sp³-hybridized carbons (Fsp3) is 0.500. The van der Waals surface area contributed by atoms with Gasteiger partial charge in [-0.15, -0.1) is 0 Å². The predicted molar refractivity (Wildman–Crippen MR) is 75.8 cm³/mol. The van der Waals surface area contributed by atoms with Crippen LogP contribution in [-0.2, 0) is 11.2 Å². The Morgan fingerprint density at radius 2 is 2.10 bits per heavy atom. The van der Waals surface area contributed by atoms with Crippen molar-refractivity contribution < 1.29 is 9.18 Å². The number of carbonyl (C=O) groups is 1. The lowest BCUT2D eigenvalue weighted by molar-refractivity contribution is -0.138. The van der Waals surface area contributed by atoms with Gasteiger partial charge in [-0.2, -0.15) is 5.26 Å². The number of hydrogen-bond acceptors (Lipinski definition) is 2. The van der Waals surface area contributed by atoms with E-state index in [-0.39, 0.29) is 12.2 Å². The molecule has 1 aromatic rings. The van der Waals surface area contributed by atoms with E-state index in [0.29, 0.717) is 17.0 Å². The number of halogens is 2. The summed E-state index contributed by atoms with van der Waals surface area (Å²) in [5.74, 6) is -0.531. The Morgan fingerprint density at radius 1 is 1.40 bits per heavy atom. The molecular formula is C16H17ClFNO. The molecule has 106 valence electrons. The standard InChI is InChI=1S/C16H17ClFNO/c1-15(2)6-3-7-16(10-19,14(15)20)9-11-4-5-12(17)8-13(11)18/h4-5,8H,3,6-7,9H2,1-2H3. The Morgan fingerprint density at radius 3 is 2.70 bits per heavy atom. The minimum atomic E-state index is -1.11.